The van der Waals surface area contributed by atoms with Gasteiger partial charge in [-0.2, -0.15) is 0 Å². The molecule has 0 aromatic carbocycles. The van der Waals surface area contributed by atoms with Crippen molar-refractivity contribution in [2.75, 3.05) is 0 Å². The maximum atomic E-state index is 10.5. The van der Waals surface area contributed by atoms with E-state index in [9.17, 15) is 4.79 Å². The van der Waals surface area contributed by atoms with Crippen LogP contribution in [0.25, 0.3) is 0 Å². The molecule has 0 fully saturated rings. The molecule has 70 valence electrons. The summed E-state index contributed by atoms with van der Waals surface area (Å²) in [5.41, 5.74) is 1.13. The summed E-state index contributed by atoms with van der Waals surface area (Å²) in [6.07, 6.45) is 1.67. The van der Waals surface area contributed by atoms with E-state index in [-0.39, 0.29) is 5.92 Å². The maximum Gasteiger partial charge on any atom is 0.306 e. The monoisotopic (exact) mass is 170 g/mol. The Morgan fingerprint density at radius 1 is 1.50 bits per heavy atom. The van der Waals surface area contributed by atoms with Gasteiger partial charge in [0.05, 0.1) is 5.92 Å². The minimum absolute atomic E-state index is 0.237. The Hall–Kier alpha value is -0.790. The number of rotatable bonds is 5. The molecule has 0 radical (unpaired) electrons. The zero-order chi connectivity index (χ0) is 9.72. The number of carboxylic acid groups (broad SMARTS) is 1. The molecule has 0 aromatic rings. The Balaban J connectivity index is 3.76. The lowest BCUT2D eigenvalue weighted by Crippen LogP contribution is -2.13. The molecule has 2 heteroatoms. The van der Waals surface area contributed by atoms with Crippen LogP contribution in [0.3, 0.4) is 0 Å². The van der Waals surface area contributed by atoms with E-state index in [1.165, 1.54) is 0 Å². The molecule has 2 atom stereocenters. The van der Waals surface area contributed by atoms with E-state index >= 15 is 0 Å². The van der Waals surface area contributed by atoms with Crippen LogP contribution in [0.15, 0.2) is 12.2 Å². The molecular formula is C10H18O2. The first-order valence-electron chi connectivity index (χ1n) is 4.30. The highest BCUT2D eigenvalue weighted by Gasteiger charge is 2.14. The molecule has 2 nitrogen and oxygen atoms in total. The van der Waals surface area contributed by atoms with E-state index in [1.807, 2.05) is 6.92 Å². The summed E-state index contributed by atoms with van der Waals surface area (Å²) in [6.45, 7) is 9.58. The molecule has 0 amide bonds. The van der Waals surface area contributed by atoms with Gasteiger partial charge < -0.3 is 5.11 Å². The predicted molar refractivity (Wildman–Crippen MR) is 50.0 cm³/mol. The van der Waals surface area contributed by atoms with Crippen molar-refractivity contribution in [3.8, 4) is 0 Å². The standard InChI is InChI=1S/C10H18O2/c1-7(2)5-8(3)6-9(4)10(11)12/h8-9H,1,5-6H2,2-4H3,(H,11,12)/t8-,9+/m1/s1. The van der Waals surface area contributed by atoms with Gasteiger partial charge in [-0.25, -0.2) is 0 Å². The second-order valence-corrected chi connectivity index (χ2v) is 3.74. The van der Waals surface area contributed by atoms with Gasteiger partial charge in [-0.05, 0) is 25.7 Å². The Kier molecular flexibility index (Phi) is 4.64. The molecular weight excluding hydrogens is 152 g/mol. The molecule has 12 heavy (non-hydrogen) atoms. The average molecular weight is 170 g/mol. The van der Waals surface area contributed by atoms with Crippen LogP contribution >= 0.6 is 0 Å². The largest absolute Gasteiger partial charge is 0.481 e. The van der Waals surface area contributed by atoms with Crippen molar-refractivity contribution >= 4 is 5.97 Å². The smallest absolute Gasteiger partial charge is 0.306 e. The predicted octanol–water partition coefficient (Wildman–Crippen LogP) is 2.70. The first-order chi connectivity index (χ1) is 5.43. The van der Waals surface area contributed by atoms with E-state index in [2.05, 4.69) is 13.5 Å². The summed E-state index contributed by atoms with van der Waals surface area (Å²) in [5.74, 6) is -0.517. The van der Waals surface area contributed by atoms with Gasteiger partial charge in [0.15, 0.2) is 0 Å². The maximum absolute atomic E-state index is 10.5. The van der Waals surface area contributed by atoms with Crippen molar-refractivity contribution in [3.05, 3.63) is 12.2 Å². The molecule has 0 saturated carbocycles. The first kappa shape index (κ1) is 11.2. The Labute approximate surface area is 74.3 Å². The van der Waals surface area contributed by atoms with Gasteiger partial charge in [0.25, 0.3) is 0 Å². The highest BCUT2D eigenvalue weighted by atomic mass is 16.4. The van der Waals surface area contributed by atoms with Crippen molar-refractivity contribution < 1.29 is 9.90 Å². The molecule has 0 aliphatic carbocycles. The van der Waals surface area contributed by atoms with Crippen molar-refractivity contribution in [2.24, 2.45) is 11.8 Å². The van der Waals surface area contributed by atoms with E-state index in [4.69, 9.17) is 5.11 Å². The third-order valence-corrected chi connectivity index (χ3v) is 1.87. The highest BCUT2D eigenvalue weighted by Crippen LogP contribution is 2.18. The topological polar surface area (TPSA) is 37.3 Å². The van der Waals surface area contributed by atoms with Crippen molar-refractivity contribution in [1.29, 1.82) is 0 Å². The quantitative estimate of drug-likeness (QED) is 0.644. The van der Waals surface area contributed by atoms with Gasteiger partial charge in [0.1, 0.15) is 0 Å². The number of carbonyl (C=O) groups is 1. The van der Waals surface area contributed by atoms with Gasteiger partial charge in [0, 0.05) is 0 Å². The highest BCUT2D eigenvalue weighted by molar-refractivity contribution is 5.69. The third kappa shape index (κ3) is 4.94. The van der Waals surface area contributed by atoms with Crippen LogP contribution in [0.2, 0.25) is 0 Å². The van der Waals surface area contributed by atoms with Crippen molar-refractivity contribution in [1.82, 2.24) is 0 Å². The lowest BCUT2D eigenvalue weighted by atomic mass is 9.93. The zero-order valence-electron chi connectivity index (χ0n) is 8.13. The normalized spacial score (nSPS) is 15.2. The van der Waals surface area contributed by atoms with Crippen LogP contribution in [0.5, 0.6) is 0 Å². The summed E-state index contributed by atoms with van der Waals surface area (Å²) < 4.78 is 0. The van der Waals surface area contributed by atoms with E-state index in [0.29, 0.717) is 5.92 Å². The van der Waals surface area contributed by atoms with Crippen LogP contribution < -0.4 is 0 Å². The number of aliphatic carboxylic acids is 1. The number of hydrogen-bond donors (Lipinski definition) is 1. The summed E-state index contributed by atoms with van der Waals surface area (Å²) in [4.78, 5) is 10.5. The van der Waals surface area contributed by atoms with Crippen molar-refractivity contribution in [3.63, 3.8) is 0 Å². The van der Waals surface area contributed by atoms with Crippen LogP contribution in [0.1, 0.15) is 33.6 Å². The van der Waals surface area contributed by atoms with Gasteiger partial charge in [-0.3, -0.25) is 4.79 Å². The van der Waals surface area contributed by atoms with Crippen molar-refractivity contribution in [2.45, 2.75) is 33.6 Å². The molecule has 0 aliphatic rings. The van der Waals surface area contributed by atoms with Gasteiger partial charge >= 0.3 is 5.97 Å². The second-order valence-electron chi connectivity index (χ2n) is 3.74. The van der Waals surface area contributed by atoms with E-state index < -0.39 is 5.97 Å². The summed E-state index contributed by atoms with van der Waals surface area (Å²) >= 11 is 0. The fourth-order valence-electron chi connectivity index (χ4n) is 1.38. The molecule has 0 unspecified atom stereocenters. The fraction of sp³-hybridized carbons (Fsp3) is 0.700. The molecule has 0 heterocycles. The van der Waals surface area contributed by atoms with Gasteiger partial charge in [-0.15, -0.1) is 6.58 Å². The van der Waals surface area contributed by atoms with E-state index in [1.54, 1.807) is 6.92 Å². The number of allylic oxidation sites excluding steroid dienone is 1. The molecule has 0 aliphatic heterocycles. The number of carboxylic acids is 1. The average Bonchev–Trinajstić information content (AvgIpc) is 1.84. The number of hydrogen-bond acceptors (Lipinski definition) is 1. The minimum Gasteiger partial charge on any atom is -0.481 e. The zero-order valence-corrected chi connectivity index (χ0v) is 8.13. The van der Waals surface area contributed by atoms with Gasteiger partial charge in [-0.1, -0.05) is 19.4 Å². The van der Waals surface area contributed by atoms with Crippen LogP contribution in [0, 0.1) is 11.8 Å². The van der Waals surface area contributed by atoms with E-state index in [0.717, 1.165) is 18.4 Å². The van der Waals surface area contributed by atoms with Gasteiger partial charge in [0.2, 0.25) is 0 Å². The summed E-state index contributed by atoms with van der Waals surface area (Å²) in [5, 5.41) is 8.64. The Morgan fingerprint density at radius 2 is 2.00 bits per heavy atom. The lowest BCUT2D eigenvalue weighted by molar-refractivity contribution is -0.141. The SMILES string of the molecule is C=C(C)C[C@@H](C)C[C@H](C)C(=O)O. The molecule has 0 bridgehead atoms. The summed E-state index contributed by atoms with van der Waals surface area (Å²) in [7, 11) is 0. The van der Waals surface area contributed by atoms with Crippen LogP contribution in [-0.2, 0) is 4.79 Å². The first-order valence-corrected chi connectivity index (χ1v) is 4.30. The summed E-state index contributed by atoms with van der Waals surface area (Å²) in [6, 6.07) is 0. The molecule has 0 aromatic heterocycles. The second kappa shape index (κ2) is 4.96. The molecule has 1 N–H and O–H groups in total. The van der Waals surface area contributed by atoms with Crippen LogP contribution in [-0.4, -0.2) is 11.1 Å². The minimum atomic E-state index is -0.705. The lowest BCUT2D eigenvalue weighted by Gasteiger charge is -2.13. The van der Waals surface area contributed by atoms with Crippen LogP contribution in [0.4, 0.5) is 0 Å². The Morgan fingerprint density at radius 3 is 2.33 bits per heavy atom. The Bertz CT molecular complexity index is 173. The molecule has 0 spiro atoms. The third-order valence-electron chi connectivity index (χ3n) is 1.87. The fourth-order valence-corrected chi connectivity index (χ4v) is 1.38. The molecule has 0 rings (SSSR count). The molecule has 0 saturated heterocycles.